The molecule has 2 aliphatic rings. The zero-order valence-electron chi connectivity index (χ0n) is 14.1. The minimum atomic E-state index is -3.09. The Morgan fingerprint density at radius 2 is 1.96 bits per heavy atom. The first-order valence-corrected chi connectivity index (χ1v) is 11.4. The number of anilines is 1. The summed E-state index contributed by atoms with van der Waals surface area (Å²) < 4.78 is 29.3. The molecule has 4 rings (SSSR count). The van der Waals surface area contributed by atoms with E-state index in [0.717, 1.165) is 12.8 Å². The highest BCUT2D eigenvalue weighted by atomic mass is 32.2. The Hall–Kier alpha value is -1.87. The Bertz CT molecular complexity index is 894. The highest BCUT2D eigenvalue weighted by Crippen LogP contribution is 2.39. The zero-order valence-corrected chi connectivity index (χ0v) is 15.7. The predicted molar refractivity (Wildman–Crippen MR) is 98.0 cm³/mol. The van der Waals surface area contributed by atoms with E-state index < -0.39 is 9.84 Å². The second kappa shape index (κ2) is 7.03. The second-order valence-corrected chi connectivity index (χ2v) is 9.78. The van der Waals surface area contributed by atoms with Crippen LogP contribution in [-0.2, 0) is 14.6 Å². The number of carbonyl (C=O) groups is 1. The van der Waals surface area contributed by atoms with Gasteiger partial charge in [-0.3, -0.25) is 4.79 Å². The quantitative estimate of drug-likeness (QED) is 0.695. The van der Waals surface area contributed by atoms with E-state index in [4.69, 9.17) is 4.42 Å². The molecule has 1 aliphatic heterocycles. The molecule has 1 aromatic carbocycles. The van der Waals surface area contributed by atoms with Gasteiger partial charge < -0.3 is 9.32 Å². The topological polar surface area (TPSA) is 93.4 Å². The maximum Gasteiger partial charge on any atom is 0.277 e. The maximum absolute atomic E-state index is 12.9. The van der Waals surface area contributed by atoms with Gasteiger partial charge in [0.1, 0.15) is 0 Å². The molecular weight excluding hydrogens is 374 g/mol. The molecule has 2 fully saturated rings. The van der Waals surface area contributed by atoms with E-state index in [2.05, 4.69) is 10.2 Å². The molecule has 0 radical (unpaired) electrons. The molecule has 1 aromatic heterocycles. The third-order valence-corrected chi connectivity index (χ3v) is 7.10. The standard InChI is InChI=1S/C17H19N3O4S2/c21-15(10-25-17-19-18-16(24-17)12-6-7-12)20(13-4-2-1-3-5-13)14-8-9-26(22,23)11-14/h1-5,12,14H,6-11H2. The van der Waals surface area contributed by atoms with Crippen molar-refractivity contribution >= 4 is 33.2 Å². The summed E-state index contributed by atoms with van der Waals surface area (Å²) in [5.41, 5.74) is 0.712. The summed E-state index contributed by atoms with van der Waals surface area (Å²) in [6.07, 6.45) is 2.60. The number of rotatable bonds is 6. The van der Waals surface area contributed by atoms with Crippen molar-refractivity contribution in [2.75, 3.05) is 22.2 Å². The van der Waals surface area contributed by atoms with Crippen molar-refractivity contribution in [3.63, 3.8) is 0 Å². The molecule has 1 atom stereocenters. The van der Waals surface area contributed by atoms with Crippen LogP contribution in [-0.4, -0.2) is 47.8 Å². The molecule has 1 saturated heterocycles. The average Bonchev–Trinajstić information content (AvgIpc) is 3.26. The van der Waals surface area contributed by atoms with Crippen LogP contribution in [0.3, 0.4) is 0 Å². The van der Waals surface area contributed by atoms with Crippen molar-refractivity contribution in [3.8, 4) is 0 Å². The smallest absolute Gasteiger partial charge is 0.277 e. The Morgan fingerprint density at radius 3 is 2.62 bits per heavy atom. The Morgan fingerprint density at radius 1 is 1.19 bits per heavy atom. The van der Waals surface area contributed by atoms with E-state index in [1.165, 1.54) is 11.8 Å². The number of thioether (sulfide) groups is 1. The third-order valence-electron chi connectivity index (χ3n) is 4.54. The molecule has 7 nitrogen and oxygen atoms in total. The van der Waals surface area contributed by atoms with Gasteiger partial charge >= 0.3 is 0 Å². The van der Waals surface area contributed by atoms with Crippen LogP contribution in [0.2, 0.25) is 0 Å². The minimum Gasteiger partial charge on any atom is -0.416 e. The van der Waals surface area contributed by atoms with Gasteiger partial charge in [0.2, 0.25) is 11.8 Å². The van der Waals surface area contributed by atoms with Gasteiger partial charge in [-0.2, -0.15) is 0 Å². The first-order chi connectivity index (χ1) is 12.5. The van der Waals surface area contributed by atoms with Crippen LogP contribution >= 0.6 is 11.8 Å². The van der Waals surface area contributed by atoms with Crippen molar-refractivity contribution in [1.82, 2.24) is 10.2 Å². The summed E-state index contributed by atoms with van der Waals surface area (Å²) in [6, 6.07) is 8.86. The molecule has 2 aromatic rings. The van der Waals surface area contributed by atoms with E-state index in [9.17, 15) is 13.2 Å². The number of hydrogen-bond donors (Lipinski definition) is 0. The number of amides is 1. The zero-order chi connectivity index (χ0) is 18.1. The van der Waals surface area contributed by atoms with Gasteiger partial charge in [0.25, 0.3) is 5.22 Å². The van der Waals surface area contributed by atoms with E-state index in [1.807, 2.05) is 30.3 Å². The molecule has 0 spiro atoms. The number of carbonyl (C=O) groups excluding carboxylic acids is 1. The fourth-order valence-electron chi connectivity index (χ4n) is 3.09. The minimum absolute atomic E-state index is 0.00465. The first-order valence-electron chi connectivity index (χ1n) is 8.55. The van der Waals surface area contributed by atoms with Crippen LogP contribution < -0.4 is 4.90 Å². The van der Waals surface area contributed by atoms with E-state index in [1.54, 1.807) is 4.90 Å². The number of hydrogen-bond acceptors (Lipinski definition) is 7. The molecule has 0 bridgehead atoms. The van der Waals surface area contributed by atoms with Crippen molar-refractivity contribution in [2.24, 2.45) is 0 Å². The first kappa shape index (κ1) is 17.5. The molecule has 1 saturated carbocycles. The Kier molecular flexibility index (Phi) is 4.74. The van der Waals surface area contributed by atoms with Crippen molar-refractivity contribution in [3.05, 3.63) is 36.2 Å². The summed E-state index contributed by atoms with van der Waals surface area (Å²) in [5.74, 6) is 1.10. The summed E-state index contributed by atoms with van der Waals surface area (Å²) in [4.78, 5) is 14.5. The van der Waals surface area contributed by atoms with Gasteiger partial charge in [0.05, 0.1) is 23.3 Å². The SMILES string of the molecule is O=C(CSc1nnc(C2CC2)o1)N(c1ccccc1)C1CCS(=O)(=O)C1. The maximum atomic E-state index is 12.9. The molecule has 2 heterocycles. The van der Waals surface area contributed by atoms with Crippen molar-refractivity contribution in [2.45, 2.75) is 36.4 Å². The molecule has 1 unspecified atom stereocenters. The Labute approximate surface area is 156 Å². The third kappa shape index (κ3) is 3.93. The number of aromatic nitrogens is 2. The summed E-state index contributed by atoms with van der Waals surface area (Å²) in [5, 5.41) is 8.38. The van der Waals surface area contributed by atoms with Gasteiger partial charge in [-0.25, -0.2) is 8.42 Å². The van der Waals surface area contributed by atoms with Crippen LogP contribution in [0, 0.1) is 0 Å². The van der Waals surface area contributed by atoms with Gasteiger partial charge in [0, 0.05) is 11.6 Å². The van der Waals surface area contributed by atoms with E-state index in [0.29, 0.717) is 29.1 Å². The normalized spacial score (nSPS) is 21.6. The molecular formula is C17H19N3O4S2. The fraction of sp³-hybridized carbons (Fsp3) is 0.471. The largest absolute Gasteiger partial charge is 0.416 e. The van der Waals surface area contributed by atoms with E-state index in [-0.39, 0.29) is 29.2 Å². The molecule has 1 aliphatic carbocycles. The summed E-state index contributed by atoms with van der Waals surface area (Å²) >= 11 is 1.20. The second-order valence-electron chi connectivity index (χ2n) is 6.63. The molecule has 1 amide bonds. The molecule has 138 valence electrons. The van der Waals surface area contributed by atoms with Crippen molar-refractivity contribution < 1.29 is 17.6 Å². The highest BCUT2D eigenvalue weighted by Gasteiger charge is 2.35. The lowest BCUT2D eigenvalue weighted by molar-refractivity contribution is -0.116. The van der Waals surface area contributed by atoms with Crippen LogP contribution in [0.5, 0.6) is 0 Å². The van der Waals surface area contributed by atoms with Crippen LogP contribution in [0.1, 0.15) is 31.1 Å². The van der Waals surface area contributed by atoms with Gasteiger partial charge in [0.15, 0.2) is 9.84 Å². The average molecular weight is 393 g/mol. The lowest BCUT2D eigenvalue weighted by Gasteiger charge is -2.28. The van der Waals surface area contributed by atoms with Crippen LogP contribution in [0.4, 0.5) is 5.69 Å². The lowest BCUT2D eigenvalue weighted by Crippen LogP contribution is -2.42. The van der Waals surface area contributed by atoms with Gasteiger partial charge in [-0.1, -0.05) is 30.0 Å². The molecule has 9 heteroatoms. The van der Waals surface area contributed by atoms with Crippen LogP contribution in [0.25, 0.3) is 0 Å². The summed E-state index contributed by atoms with van der Waals surface area (Å²) in [7, 11) is -3.09. The number of para-hydroxylation sites is 1. The van der Waals surface area contributed by atoms with Crippen LogP contribution in [0.15, 0.2) is 40.0 Å². The van der Waals surface area contributed by atoms with Gasteiger partial charge in [-0.05, 0) is 31.4 Å². The number of sulfone groups is 1. The van der Waals surface area contributed by atoms with E-state index >= 15 is 0 Å². The Balaban J connectivity index is 1.48. The van der Waals surface area contributed by atoms with Gasteiger partial charge in [-0.15, -0.1) is 10.2 Å². The predicted octanol–water partition coefficient (Wildman–Crippen LogP) is 2.26. The monoisotopic (exact) mass is 393 g/mol. The molecule has 0 N–H and O–H groups in total. The highest BCUT2D eigenvalue weighted by molar-refractivity contribution is 7.99. The number of benzene rings is 1. The summed E-state index contributed by atoms with van der Waals surface area (Å²) in [6.45, 7) is 0. The number of nitrogens with zero attached hydrogens (tertiary/aromatic N) is 3. The van der Waals surface area contributed by atoms with Crippen molar-refractivity contribution in [1.29, 1.82) is 0 Å². The fourth-order valence-corrected chi connectivity index (χ4v) is 5.42. The lowest BCUT2D eigenvalue weighted by atomic mass is 10.2. The molecule has 26 heavy (non-hydrogen) atoms.